The summed E-state index contributed by atoms with van der Waals surface area (Å²) in [6, 6.07) is 10.4. The van der Waals surface area contributed by atoms with Crippen molar-refractivity contribution in [3.63, 3.8) is 0 Å². The summed E-state index contributed by atoms with van der Waals surface area (Å²) in [5.41, 5.74) is 1.72. The van der Waals surface area contributed by atoms with E-state index in [4.69, 9.17) is 4.74 Å². The van der Waals surface area contributed by atoms with Gasteiger partial charge in [0.05, 0.1) is 17.0 Å². The molecule has 0 N–H and O–H groups in total. The minimum atomic E-state index is -0.229. The van der Waals surface area contributed by atoms with E-state index in [9.17, 15) is 10.1 Å². The molecule has 0 heterocycles. The highest BCUT2D eigenvalue weighted by atomic mass is 16.5. The number of ether oxygens (including phenoxy) is 1. The van der Waals surface area contributed by atoms with Gasteiger partial charge in [0.1, 0.15) is 6.10 Å². The highest BCUT2D eigenvalue weighted by Gasteiger charge is 2.36. The number of carbonyl (C=O) groups excluding carboxylic acids is 1. The fourth-order valence-corrected chi connectivity index (χ4v) is 3.80. The third kappa shape index (κ3) is 5.87. The second-order valence-corrected chi connectivity index (χ2v) is 7.75. The fourth-order valence-electron chi connectivity index (χ4n) is 3.80. The molecule has 0 unspecified atom stereocenters. The summed E-state index contributed by atoms with van der Waals surface area (Å²) in [4.78, 5) is 12.4. The van der Waals surface area contributed by atoms with Gasteiger partial charge in [-0.1, -0.05) is 51.7 Å². The second kappa shape index (κ2) is 10.4. The summed E-state index contributed by atoms with van der Waals surface area (Å²) < 4.78 is 5.71. The van der Waals surface area contributed by atoms with E-state index in [0.29, 0.717) is 5.56 Å². The Hall–Kier alpha value is -1.82. The molecule has 1 aliphatic rings. The van der Waals surface area contributed by atoms with Gasteiger partial charge < -0.3 is 4.74 Å². The Labute approximate surface area is 158 Å². The lowest BCUT2D eigenvalue weighted by molar-refractivity contribution is 0.0105. The zero-order valence-electron chi connectivity index (χ0n) is 16.4. The molecule has 1 aromatic rings. The number of esters is 1. The Kier molecular flexibility index (Phi) is 8.16. The van der Waals surface area contributed by atoms with Crippen LogP contribution in [-0.2, 0) is 11.2 Å². The first kappa shape index (κ1) is 20.5. The van der Waals surface area contributed by atoms with Crippen molar-refractivity contribution in [3.05, 3.63) is 35.4 Å². The van der Waals surface area contributed by atoms with Crippen LogP contribution in [0.2, 0.25) is 0 Å². The third-order valence-electron chi connectivity index (χ3n) is 5.67. The van der Waals surface area contributed by atoms with Crippen molar-refractivity contribution in [1.82, 2.24) is 0 Å². The molecule has 2 rings (SSSR count). The van der Waals surface area contributed by atoms with Gasteiger partial charge in [0, 0.05) is 0 Å². The predicted molar refractivity (Wildman–Crippen MR) is 105 cm³/mol. The molecule has 3 nitrogen and oxygen atoms in total. The molecule has 0 atom stereocenters. The van der Waals surface area contributed by atoms with Crippen molar-refractivity contribution in [2.24, 2.45) is 5.41 Å². The molecule has 1 aromatic carbocycles. The van der Waals surface area contributed by atoms with Crippen LogP contribution in [0.4, 0.5) is 0 Å². The van der Waals surface area contributed by atoms with Gasteiger partial charge >= 0.3 is 5.97 Å². The van der Waals surface area contributed by atoms with E-state index in [0.717, 1.165) is 51.4 Å². The van der Waals surface area contributed by atoms with Crippen LogP contribution in [-0.4, -0.2) is 12.1 Å². The second-order valence-electron chi connectivity index (χ2n) is 7.75. The summed E-state index contributed by atoms with van der Waals surface area (Å²) in [5, 5.41) is 9.56. The number of aryl methyl sites for hydroxylation is 1. The van der Waals surface area contributed by atoms with E-state index in [1.165, 1.54) is 24.8 Å². The number of benzene rings is 1. The molecule has 0 radical (unpaired) electrons. The molecule has 142 valence electrons. The quantitative estimate of drug-likeness (QED) is 0.390. The summed E-state index contributed by atoms with van der Waals surface area (Å²) in [6.07, 6.45) is 11.2. The lowest BCUT2D eigenvalue weighted by atomic mass is 9.71. The number of carbonyl (C=O) groups is 1. The first-order chi connectivity index (χ1) is 12.6. The molecule has 0 bridgehead atoms. The number of nitrogens with zero attached hydrogens (tertiary/aromatic N) is 1. The first-order valence-corrected chi connectivity index (χ1v) is 10.3. The molecule has 0 saturated heterocycles. The Bertz CT molecular complexity index is 592. The molecule has 0 amide bonds. The molecule has 1 saturated carbocycles. The first-order valence-electron chi connectivity index (χ1n) is 10.3. The molecule has 0 aromatic heterocycles. The monoisotopic (exact) mass is 355 g/mol. The van der Waals surface area contributed by atoms with Crippen molar-refractivity contribution >= 4 is 5.97 Å². The Morgan fingerprint density at radius 1 is 1.12 bits per heavy atom. The maximum absolute atomic E-state index is 12.4. The topological polar surface area (TPSA) is 50.1 Å². The average Bonchev–Trinajstić information content (AvgIpc) is 2.68. The van der Waals surface area contributed by atoms with Gasteiger partial charge in [0.2, 0.25) is 0 Å². The van der Waals surface area contributed by atoms with Gasteiger partial charge in [-0.15, -0.1) is 0 Å². The molecule has 1 aliphatic carbocycles. The Balaban J connectivity index is 1.82. The molecular weight excluding hydrogens is 322 g/mol. The van der Waals surface area contributed by atoms with Crippen LogP contribution >= 0.6 is 0 Å². The molecular formula is C23H33NO2. The van der Waals surface area contributed by atoms with Gasteiger partial charge in [0.15, 0.2) is 0 Å². The third-order valence-corrected chi connectivity index (χ3v) is 5.67. The highest BCUT2D eigenvalue weighted by Crippen LogP contribution is 2.41. The Morgan fingerprint density at radius 2 is 1.77 bits per heavy atom. The van der Waals surface area contributed by atoms with Gasteiger partial charge in [-0.05, 0) is 62.6 Å². The van der Waals surface area contributed by atoms with Crippen LogP contribution in [0.25, 0.3) is 0 Å². The van der Waals surface area contributed by atoms with Crippen LogP contribution in [0, 0.1) is 16.7 Å². The van der Waals surface area contributed by atoms with E-state index < -0.39 is 0 Å². The number of rotatable bonds is 9. The number of hydrogen-bond donors (Lipinski definition) is 0. The lowest BCUT2D eigenvalue weighted by Crippen LogP contribution is -2.31. The minimum absolute atomic E-state index is 0.0465. The van der Waals surface area contributed by atoms with Crippen molar-refractivity contribution in [2.45, 2.75) is 90.6 Å². The summed E-state index contributed by atoms with van der Waals surface area (Å²) in [5.74, 6) is -0.229. The van der Waals surface area contributed by atoms with Crippen LogP contribution in [0.1, 0.15) is 94.0 Å². The molecule has 3 heteroatoms. The average molecular weight is 356 g/mol. The maximum Gasteiger partial charge on any atom is 0.338 e. The number of unbranched alkanes of at least 4 members (excludes halogenated alkanes) is 3. The SMILES string of the molecule is CCCCCc1ccc(C(=O)O[C@H]2CC[C@@](C#N)(CCCC)CC2)cc1. The smallest absolute Gasteiger partial charge is 0.338 e. The summed E-state index contributed by atoms with van der Waals surface area (Å²) in [7, 11) is 0. The fraction of sp³-hybridized carbons (Fsp3) is 0.652. The molecule has 0 aliphatic heterocycles. The summed E-state index contributed by atoms with van der Waals surface area (Å²) in [6.45, 7) is 4.36. The van der Waals surface area contributed by atoms with Gasteiger partial charge in [-0.2, -0.15) is 5.26 Å². The zero-order chi connectivity index (χ0) is 18.8. The van der Waals surface area contributed by atoms with E-state index in [1.807, 2.05) is 24.3 Å². The zero-order valence-corrected chi connectivity index (χ0v) is 16.4. The Morgan fingerprint density at radius 3 is 2.35 bits per heavy atom. The summed E-state index contributed by atoms with van der Waals surface area (Å²) >= 11 is 0. The minimum Gasteiger partial charge on any atom is -0.459 e. The van der Waals surface area contributed by atoms with Gasteiger partial charge in [-0.3, -0.25) is 0 Å². The number of hydrogen-bond acceptors (Lipinski definition) is 3. The van der Waals surface area contributed by atoms with Crippen LogP contribution < -0.4 is 0 Å². The van der Waals surface area contributed by atoms with Crippen LogP contribution in [0.15, 0.2) is 24.3 Å². The lowest BCUT2D eigenvalue weighted by Gasteiger charge is -2.34. The normalized spacial score (nSPS) is 22.6. The molecule has 1 fully saturated rings. The van der Waals surface area contributed by atoms with Crippen molar-refractivity contribution < 1.29 is 9.53 Å². The van der Waals surface area contributed by atoms with Crippen molar-refractivity contribution in [2.75, 3.05) is 0 Å². The standard InChI is InChI=1S/C23H33NO2/c1-3-5-7-8-19-9-11-20(12-10-19)22(25)26-21-13-16-23(18-24,17-14-21)15-6-4-2/h9-12,21H,3-8,13-17H2,1-2H3/t21-,23-. The van der Waals surface area contributed by atoms with Crippen LogP contribution in [0.5, 0.6) is 0 Å². The maximum atomic E-state index is 12.4. The van der Waals surface area contributed by atoms with E-state index in [2.05, 4.69) is 19.9 Å². The highest BCUT2D eigenvalue weighted by molar-refractivity contribution is 5.89. The van der Waals surface area contributed by atoms with Crippen LogP contribution in [0.3, 0.4) is 0 Å². The van der Waals surface area contributed by atoms with Crippen molar-refractivity contribution in [3.8, 4) is 6.07 Å². The molecule has 26 heavy (non-hydrogen) atoms. The largest absolute Gasteiger partial charge is 0.459 e. The van der Waals surface area contributed by atoms with E-state index in [1.54, 1.807) is 0 Å². The van der Waals surface area contributed by atoms with Gasteiger partial charge in [0.25, 0.3) is 0 Å². The predicted octanol–water partition coefficient (Wildman–Crippen LogP) is 6.22. The van der Waals surface area contributed by atoms with Crippen molar-refractivity contribution in [1.29, 1.82) is 5.26 Å². The van der Waals surface area contributed by atoms with Gasteiger partial charge in [-0.25, -0.2) is 4.79 Å². The van der Waals surface area contributed by atoms with E-state index >= 15 is 0 Å². The molecule has 0 spiro atoms. The van der Waals surface area contributed by atoms with E-state index in [-0.39, 0.29) is 17.5 Å². The number of nitriles is 1.